The summed E-state index contributed by atoms with van der Waals surface area (Å²) < 4.78 is 1.79. The smallest absolute Gasteiger partial charge is 0.254 e. The van der Waals surface area contributed by atoms with Crippen LogP contribution in [0.3, 0.4) is 0 Å². The number of thiazole rings is 1. The van der Waals surface area contributed by atoms with E-state index in [1.807, 2.05) is 48.5 Å². The quantitative estimate of drug-likeness (QED) is 0.664. The van der Waals surface area contributed by atoms with E-state index in [4.69, 9.17) is 0 Å². The highest BCUT2D eigenvalue weighted by Crippen LogP contribution is 2.28. The number of rotatable bonds is 5. The van der Waals surface area contributed by atoms with Gasteiger partial charge in [0.1, 0.15) is 11.1 Å². The number of halogens is 1. The minimum absolute atomic E-state index is 0.323. The molecule has 7 heteroatoms. The molecule has 0 saturated heterocycles. The molecule has 0 aliphatic rings. The van der Waals surface area contributed by atoms with Crippen molar-refractivity contribution in [2.45, 2.75) is 18.8 Å². The fourth-order valence-corrected chi connectivity index (χ4v) is 3.87. The van der Waals surface area contributed by atoms with Gasteiger partial charge >= 0.3 is 0 Å². The number of fused-ring (bicyclic) bond motifs is 1. The van der Waals surface area contributed by atoms with E-state index < -0.39 is 18.1 Å². The molecule has 130 valence electrons. The van der Waals surface area contributed by atoms with Crippen LogP contribution < -0.4 is 0 Å². The summed E-state index contributed by atoms with van der Waals surface area (Å²) in [5.41, 5.74) is 1.66. The molecule has 3 rings (SSSR count). The fraction of sp³-hybridized carbons (Fsp3) is 0.222. The van der Waals surface area contributed by atoms with E-state index in [1.54, 1.807) is 7.05 Å². The zero-order chi connectivity index (χ0) is 18.0. The highest BCUT2D eigenvalue weighted by Gasteiger charge is 2.30. The van der Waals surface area contributed by atoms with Crippen LogP contribution in [0.15, 0.2) is 53.0 Å². The summed E-state index contributed by atoms with van der Waals surface area (Å²) in [5.74, 6) is -0.553. The average Bonchev–Trinajstić information content (AvgIpc) is 3.05. The molecule has 2 aromatic carbocycles. The zero-order valence-corrected chi connectivity index (χ0v) is 15.9. The second kappa shape index (κ2) is 7.61. The Morgan fingerprint density at radius 3 is 2.60 bits per heavy atom. The van der Waals surface area contributed by atoms with Crippen LogP contribution in [0.5, 0.6) is 0 Å². The van der Waals surface area contributed by atoms with Crippen LogP contribution >= 0.6 is 27.3 Å². The number of hydrogen-bond donors (Lipinski definition) is 2. The van der Waals surface area contributed by atoms with E-state index in [1.165, 1.54) is 16.2 Å². The standard InChI is InChI=1S/C18H17BrN2O3S/c1-21(10-11-6-2-3-7-12(11)19)18(24)16(23)15(22)17-20-13-8-4-5-9-14(13)25-17/h2-9,15-16,22-23H,10H2,1H3. The summed E-state index contributed by atoms with van der Waals surface area (Å²) in [6.45, 7) is 0.323. The van der Waals surface area contributed by atoms with Gasteiger partial charge in [-0.1, -0.05) is 46.3 Å². The van der Waals surface area contributed by atoms with Crippen LogP contribution in [0.4, 0.5) is 0 Å². The van der Waals surface area contributed by atoms with Gasteiger partial charge in [-0.25, -0.2) is 4.98 Å². The van der Waals surface area contributed by atoms with Crippen LogP contribution in [0.25, 0.3) is 10.2 Å². The summed E-state index contributed by atoms with van der Waals surface area (Å²) in [7, 11) is 1.59. The van der Waals surface area contributed by atoms with Crippen molar-refractivity contribution in [2.24, 2.45) is 0 Å². The molecule has 3 aromatic rings. The van der Waals surface area contributed by atoms with Gasteiger partial charge in [0, 0.05) is 18.1 Å². The SMILES string of the molecule is CN(Cc1ccccc1Br)C(=O)C(O)C(O)c1nc2ccccc2s1. The Bertz CT molecular complexity index is 866. The van der Waals surface area contributed by atoms with Gasteiger partial charge in [-0.3, -0.25) is 4.79 Å². The molecule has 0 fully saturated rings. The predicted molar refractivity (Wildman–Crippen MR) is 101 cm³/mol. The number of hydrogen-bond acceptors (Lipinski definition) is 5. The molecule has 1 amide bonds. The maximum atomic E-state index is 12.5. The van der Waals surface area contributed by atoms with E-state index in [2.05, 4.69) is 20.9 Å². The average molecular weight is 421 g/mol. The Hall–Kier alpha value is -1.80. The van der Waals surface area contributed by atoms with Crippen molar-refractivity contribution in [2.75, 3.05) is 7.05 Å². The first-order chi connectivity index (χ1) is 12.0. The Labute approximate surface area is 157 Å². The molecule has 0 bridgehead atoms. The van der Waals surface area contributed by atoms with Crippen molar-refractivity contribution in [3.8, 4) is 0 Å². The summed E-state index contributed by atoms with van der Waals surface area (Å²) in [4.78, 5) is 18.2. The predicted octanol–water partition coefficient (Wildman–Crippen LogP) is 3.11. The maximum Gasteiger partial charge on any atom is 0.254 e. The maximum absolute atomic E-state index is 12.5. The lowest BCUT2D eigenvalue weighted by Crippen LogP contribution is -2.39. The minimum atomic E-state index is -1.56. The second-order valence-corrected chi connectivity index (χ2v) is 7.61. The van der Waals surface area contributed by atoms with E-state index in [0.29, 0.717) is 11.6 Å². The Morgan fingerprint density at radius 1 is 1.20 bits per heavy atom. The summed E-state index contributed by atoms with van der Waals surface area (Å²) in [6, 6.07) is 15.0. The van der Waals surface area contributed by atoms with Gasteiger partial charge in [0.25, 0.3) is 5.91 Å². The third kappa shape index (κ3) is 3.90. The van der Waals surface area contributed by atoms with Crippen molar-refractivity contribution < 1.29 is 15.0 Å². The summed E-state index contributed by atoms with van der Waals surface area (Å²) >= 11 is 4.71. The number of nitrogens with zero attached hydrogens (tertiary/aromatic N) is 2. The summed E-state index contributed by atoms with van der Waals surface area (Å²) in [6.07, 6.45) is -2.92. The lowest BCUT2D eigenvalue weighted by Gasteiger charge is -2.23. The van der Waals surface area contributed by atoms with Crippen LogP contribution in [0, 0.1) is 0 Å². The lowest BCUT2D eigenvalue weighted by molar-refractivity contribution is -0.145. The van der Waals surface area contributed by atoms with Gasteiger partial charge in [-0.15, -0.1) is 11.3 Å². The number of aromatic nitrogens is 1. The first kappa shape index (κ1) is 18.0. The van der Waals surface area contributed by atoms with E-state index in [9.17, 15) is 15.0 Å². The lowest BCUT2D eigenvalue weighted by atomic mass is 10.1. The van der Waals surface area contributed by atoms with Gasteiger partial charge in [0.05, 0.1) is 10.2 Å². The van der Waals surface area contributed by atoms with Gasteiger partial charge in [0.2, 0.25) is 0 Å². The van der Waals surface area contributed by atoms with Crippen LogP contribution in [-0.4, -0.2) is 39.2 Å². The van der Waals surface area contributed by atoms with Gasteiger partial charge in [0.15, 0.2) is 6.10 Å². The largest absolute Gasteiger partial charge is 0.383 e. The van der Waals surface area contributed by atoms with E-state index >= 15 is 0 Å². The Balaban J connectivity index is 1.73. The number of aliphatic hydroxyl groups excluding tert-OH is 2. The molecule has 2 N–H and O–H groups in total. The topological polar surface area (TPSA) is 73.7 Å². The van der Waals surface area contributed by atoms with Crippen LogP contribution in [0.1, 0.15) is 16.7 Å². The highest BCUT2D eigenvalue weighted by molar-refractivity contribution is 9.10. The molecule has 2 unspecified atom stereocenters. The monoisotopic (exact) mass is 420 g/mol. The van der Waals surface area contributed by atoms with Crippen LogP contribution in [0.2, 0.25) is 0 Å². The van der Waals surface area contributed by atoms with Crippen LogP contribution in [-0.2, 0) is 11.3 Å². The Kier molecular flexibility index (Phi) is 5.48. The molecule has 1 heterocycles. The number of carbonyl (C=O) groups excluding carboxylic acids is 1. The fourth-order valence-electron chi connectivity index (χ4n) is 2.47. The third-order valence-corrected chi connectivity index (χ3v) is 5.74. The van der Waals surface area contributed by atoms with Gasteiger partial charge < -0.3 is 15.1 Å². The molecule has 2 atom stereocenters. The number of aliphatic hydroxyl groups is 2. The molecule has 0 aliphatic carbocycles. The molecule has 0 radical (unpaired) electrons. The number of carbonyl (C=O) groups is 1. The Morgan fingerprint density at radius 2 is 1.88 bits per heavy atom. The molecule has 0 aliphatic heterocycles. The van der Waals surface area contributed by atoms with Crippen molar-refractivity contribution >= 4 is 43.4 Å². The first-order valence-corrected chi connectivity index (χ1v) is 9.28. The van der Waals surface area contributed by atoms with Gasteiger partial charge in [-0.05, 0) is 23.8 Å². The molecular formula is C18H17BrN2O3S. The number of likely N-dealkylation sites (N-methyl/N-ethyl adjacent to an activating group) is 1. The molecule has 0 spiro atoms. The third-order valence-electron chi connectivity index (χ3n) is 3.86. The molecule has 0 saturated carbocycles. The normalized spacial score (nSPS) is 13.6. The summed E-state index contributed by atoms with van der Waals surface area (Å²) in [5, 5.41) is 21.0. The van der Waals surface area contributed by atoms with Crippen molar-refractivity contribution in [1.82, 2.24) is 9.88 Å². The molecule has 25 heavy (non-hydrogen) atoms. The molecule has 1 aromatic heterocycles. The van der Waals surface area contributed by atoms with Gasteiger partial charge in [-0.2, -0.15) is 0 Å². The number of benzene rings is 2. The first-order valence-electron chi connectivity index (χ1n) is 7.67. The zero-order valence-electron chi connectivity index (χ0n) is 13.5. The van der Waals surface area contributed by atoms with Crippen molar-refractivity contribution in [3.05, 3.63) is 63.6 Å². The highest BCUT2D eigenvalue weighted by atomic mass is 79.9. The number of amides is 1. The second-order valence-electron chi connectivity index (χ2n) is 5.70. The van der Waals surface area contributed by atoms with Crippen molar-refractivity contribution in [1.29, 1.82) is 0 Å². The van der Waals surface area contributed by atoms with E-state index in [-0.39, 0.29) is 0 Å². The van der Waals surface area contributed by atoms with E-state index in [0.717, 1.165) is 20.3 Å². The molecular weight excluding hydrogens is 404 g/mol. The number of para-hydroxylation sites is 1. The minimum Gasteiger partial charge on any atom is -0.383 e. The van der Waals surface area contributed by atoms with Crippen molar-refractivity contribution in [3.63, 3.8) is 0 Å². The molecule has 5 nitrogen and oxygen atoms in total.